The monoisotopic (exact) mass is 528 g/mol. The summed E-state index contributed by atoms with van der Waals surface area (Å²) in [5.74, 6) is 0.684. The second-order valence-corrected chi connectivity index (χ2v) is 8.19. The Bertz CT molecular complexity index is 1150. The molecule has 0 unspecified atom stereocenters. The first kappa shape index (κ1) is 25.1. The van der Waals surface area contributed by atoms with Crippen molar-refractivity contribution in [1.29, 1.82) is 0 Å². The molecule has 0 radical (unpaired) electrons. The van der Waals surface area contributed by atoms with E-state index in [0.717, 1.165) is 5.56 Å². The third kappa shape index (κ3) is 5.88. The number of phenols is 1. The predicted molar refractivity (Wildman–Crippen MR) is 131 cm³/mol. The van der Waals surface area contributed by atoms with Crippen LogP contribution in [0.5, 0.6) is 28.7 Å². The fourth-order valence-electron chi connectivity index (χ4n) is 3.34. The molecule has 0 atom stereocenters. The fraction of sp³-hybridized carbons (Fsp3) is 0.231. The summed E-state index contributed by atoms with van der Waals surface area (Å²) in [6.45, 7) is 0.234. The molecule has 0 amide bonds. The first-order valence-corrected chi connectivity index (χ1v) is 11.2. The molecule has 34 heavy (non-hydrogen) atoms. The van der Waals surface area contributed by atoms with Gasteiger partial charge in [0.1, 0.15) is 6.61 Å². The molecule has 0 aliphatic heterocycles. The number of carbonyl (C=O) groups is 2. The Morgan fingerprint density at radius 2 is 1.32 bits per heavy atom. The number of aromatic hydroxyl groups is 1. The summed E-state index contributed by atoms with van der Waals surface area (Å²) in [5.41, 5.74) is 1.59. The minimum atomic E-state index is -0.258. The Kier molecular flexibility index (Phi) is 8.54. The standard InChI is InChI=1S/C26H25BrO7/c1-31-23-13-18(14-24(32-2)26(23)33-3)21(29)10-9-20(28)17-11-19(27)25(30)22(12-17)34-15-16-7-5-4-6-8-16/h4-8,11-14,30H,9-10,15H2,1-3H3. The van der Waals surface area contributed by atoms with Crippen LogP contribution in [-0.2, 0) is 6.61 Å². The van der Waals surface area contributed by atoms with Crippen LogP contribution >= 0.6 is 15.9 Å². The van der Waals surface area contributed by atoms with Crippen LogP contribution in [-0.4, -0.2) is 38.0 Å². The van der Waals surface area contributed by atoms with Gasteiger partial charge in [0.25, 0.3) is 0 Å². The van der Waals surface area contributed by atoms with Crippen molar-refractivity contribution < 1.29 is 33.6 Å². The predicted octanol–water partition coefficient (Wildman–Crippen LogP) is 5.61. The van der Waals surface area contributed by atoms with Gasteiger partial charge in [0.15, 0.2) is 34.6 Å². The van der Waals surface area contributed by atoms with E-state index in [0.29, 0.717) is 32.8 Å². The highest BCUT2D eigenvalue weighted by molar-refractivity contribution is 9.10. The zero-order valence-corrected chi connectivity index (χ0v) is 20.7. The van der Waals surface area contributed by atoms with E-state index in [4.69, 9.17) is 18.9 Å². The Balaban J connectivity index is 1.72. The number of carbonyl (C=O) groups excluding carboxylic acids is 2. The summed E-state index contributed by atoms with van der Waals surface area (Å²) in [6, 6.07) is 15.6. The van der Waals surface area contributed by atoms with Crippen molar-refractivity contribution in [3.8, 4) is 28.7 Å². The topological polar surface area (TPSA) is 91.3 Å². The van der Waals surface area contributed by atoms with Gasteiger partial charge in [0.05, 0.1) is 25.8 Å². The van der Waals surface area contributed by atoms with Crippen LogP contribution in [0, 0.1) is 0 Å². The number of ether oxygens (including phenoxy) is 4. The Hall–Kier alpha value is -3.52. The molecule has 0 aromatic heterocycles. The van der Waals surface area contributed by atoms with E-state index < -0.39 is 0 Å². The fourth-order valence-corrected chi connectivity index (χ4v) is 3.78. The van der Waals surface area contributed by atoms with E-state index in [1.807, 2.05) is 30.3 Å². The number of hydrogen-bond donors (Lipinski definition) is 1. The highest BCUT2D eigenvalue weighted by Gasteiger charge is 2.19. The van der Waals surface area contributed by atoms with Gasteiger partial charge in [-0.15, -0.1) is 0 Å². The molecule has 178 valence electrons. The zero-order chi connectivity index (χ0) is 24.7. The number of Topliss-reactive ketones (excluding diaryl/α,β-unsaturated/α-hetero) is 2. The molecule has 0 fully saturated rings. The number of halogens is 1. The largest absolute Gasteiger partial charge is 0.503 e. The summed E-state index contributed by atoms with van der Waals surface area (Å²) in [7, 11) is 4.42. The maximum absolute atomic E-state index is 12.8. The minimum absolute atomic E-state index is 0.0177. The number of phenolic OH excluding ortho intramolecular Hbond substituents is 1. The first-order chi connectivity index (χ1) is 16.4. The van der Waals surface area contributed by atoms with Crippen molar-refractivity contribution in [3.05, 3.63) is 75.8 Å². The maximum Gasteiger partial charge on any atom is 0.203 e. The Morgan fingerprint density at radius 3 is 1.85 bits per heavy atom. The van der Waals surface area contributed by atoms with Crippen LogP contribution in [0.15, 0.2) is 59.1 Å². The van der Waals surface area contributed by atoms with Crippen LogP contribution in [0.1, 0.15) is 39.1 Å². The molecule has 3 rings (SSSR count). The molecule has 0 bridgehead atoms. The van der Waals surface area contributed by atoms with Gasteiger partial charge in [-0.05, 0) is 45.8 Å². The SMILES string of the molecule is COc1cc(C(=O)CCC(=O)c2cc(Br)c(O)c(OCc3ccccc3)c2)cc(OC)c1OC. The van der Waals surface area contributed by atoms with Crippen molar-refractivity contribution in [1.82, 2.24) is 0 Å². The number of methoxy groups -OCH3 is 3. The van der Waals surface area contributed by atoms with Gasteiger partial charge in [0.2, 0.25) is 5.75 Å². The molecule has 7 nitrogen and oxygen atoms in total. The van der Waals surface area contributed by atoms with Crippen molar-refractivity contribution in [2.24, 2.45) is 0 Å². The lowest BCUT2D eigenvalue weighted by molar-refractivity contribution is 0.0917. The summed E-state index contributed by atoms with van der Waals surface area (Å²) in [4.78, 5) is 25.6. The highest BCUT2D eigenvalue weighted by atomic mass is 79.9. The van der Waals surface area contributed by atoms with Gasteiger partial charge in [-0.1, -0.05) is 30.3 Å². The van der Waals surface area contributed by atoms with Gasteiger partial charge < -0.3 is 24.1 Å². The lowest BCUT2D eigenvalue weighted by Gasteiger charge is -2.14. The number of ketones is 2. The van der Waals surface area contributed by atoms with E-state index in [-0.39, 0.29) is 42.5 Å². The second-order valence-electron chi connectivity index (χ2n) is 7.34. The molecule has 0 aliphatic carbocycles. The summed E-state index contributed by atoms with van der Waals surface area (Å²) in [5, 5.41) is 10.3. The van der Waals surface area contributed by atoms with Crippen LogP contribution in [0.2, 0.25) is 0 Å². The summed E-state index contributed by atoms with van der Waals surface area (Å²) >= 11 is 3.26. The Labute approximate surface area is 206 Å². The molecule has 0 spiro atoms. The quantitative estimate of drug-likeness (QED) is 0.323. The highest BCUT2D eigenvalue weighted by Crippen LogP contribution is 2.39. The van der Waals surface area contributed by atoms with E-state index >= 15 is 0 Å². The molecule has 8 heteroatoms. The molecule has 3 aromatic rings. The first-order valence-electron chi connectivity index (χ1n) is 10.4. The minimum Gasteiger partial charge on any atom is -0.503 e. The molecule has 0 saturated carbocycles. The molecular weight excluding hydrogens is 504 g/mol. The Morgan fingerprint density at radius 1 is 0.794 bits per heavy atom. The molecular formula is C26H25BrO7. The molecule has 1 N–H and O–H groups in total. The molecule has 0 saturated heterocycles. The van der Waals surface area contributed by atoms with E-state index in [9.17, 15) is 14.7 Å². The normalized spacial score (nSPS) is 10.5. The molecule has 3 aromatic carbocycles. The van der Waals surface area contributed by atoms with Crippen molar-refractivity contribution in [2.45, 2.75) is 19.4 Å². The second kappa shape index (κ2) is 11.6. The third-order valence-electron chi connectivity index (χ3n) is 5.15. The third-order valence-corrected chi connectivity index (χ3v) is 5.76. The van der Waals surface area contributed by atoms with Crippen molar-refractivity contribution >= 4 is 27.5 Å². The lowest BCUT2D eigenvalue weighted by atomic mass is 10.0. The van der Waals surface area contributed by atoms with Gasteiger partial charge >= 0.3 is 0 Å². The van der Waals surface area contributed by atoms with Gasteiger partial charge in [0, 0.05) is 24.0 Å². The van der Waals surface area contributed by atoms with Crippen LogP contribution in [0.4, 0.5) is 0 Å². The average Bonchev–Trinajstić information content (AvgIpc) is 2.87. The zero-order valence-electron chi connectivity index (χ0n) is 19.1. The van der Waals surface area contributed by atoms with Crippen LogP contribution in [0.3, 0.4) is 0 Å². The number of rotatable bonds is 11. The summed E-state index contributed by atoms with van der Waals surface area (Å²) < 4.78 is 21.9. The lowest BCUT2D eigenvalue weighted by Crippen LogP contribution is -2.07. The maximum atomic E-state index is 12.8. The van der Waals surface area contributed by atoms with Crippen LogP contribution in [0.25, 0.3) is 0 Å². The summed E-state index contributed by atoms with van der Waals surface area (Å²) in [6.07, 6.45) is -0.0407. The smallest absolute Gasteiger partial charge is 0.203 e. The number of hydrogen-bond acceptors (Lipinski definition) is 7. The number of benzene rings is 3. The van der Waals surface area contributed by atoms with Crippen molar-refractivity contribution in [2.75, 3.05) is 21.3 Å². The molecule has 0 heterocycles. The van der Waals surface area contributed by atoms with E-state index in [2.05, 4.69) is 15.9 Å². The average molecular weight is 529 g/mol. The van der Waals surface area contributed by atoms with Gasteiger partial charge in [-0.3, -0.25) is 9.59 Å². The van der Waals surface area contributed by atoms with Gasteiger partial charge in [-0.25, -0.2) is 0 Å². The van der Waals surface area contributed by atoms with E-state index in [1.165, 1.54) is 33.5 Å². The van der Waals surface area contributed by atoms with Gasteiger partial charge in [-0.2, -0.15) is 0 Å². The van der Waals surface area contributed by atoms with Crippen molar-refractivity contribution in [3.63, 3.8) is 0 Å². The van der Waals surface area contributed by atoms with Crippen LogP contribution < -0.4 is 18.9 Å². The van der Waals surface area contributed by atoms with E-state index in [1.54, 1.807) is 12.1 Å². The molecule has 0 aliphatic rings.